The summed E-state index contributed by atoms with van der Waals surface area (Å²) in [5, 5.41) is 0.755. The average molecular weight is 733 g/mol. The van der Waals surface area contributed by atoms with Gasteiger partial charge in [0.2, 0.25) is 5.91 Å². The fourth-order valence-corrected chi connectivity index (χ4v) is 8.70. The van der Waals surface area contributed by atoms with E-state index in [4.69, 9.17) is 22.3 Å². The Kier molecular flexibility index (Phi) is 9.69. The maximum absolute atomic E-state index is 13.3. The van der Waals surface area contributed by atoms with Gasteiger partial charge in [-0.15, -0.1) is 0 Å². The van der Waals surface area contributed by atoms with E-state index < -0.39 is 6.04 Å². The van der Waals surface area contributed by atoms with E-state index in [-0.39, 0.29) is 17.7 Å². The molecule has 0 unspecified atom stereocenters. The first-order valence-electron chi connectivity index (χ1n) is 15.2. The summed E-state index contributed by atoms with van der Waals surface area (Å²) in [6.07, 6.45) is 10.9. The molecule has 8 nitrogen and oxygen atoms in total. The highest BCUT2D eigenvalue weighted by atomic mass is 79.9. The number of nitrogens with two attached hydrogens (primary N) is 1. The summed E-state index contributed by atoms with van der Waals surface area (Å²) in [4.78, 5) is 42.3. The van der Waals surface area contributed by atoms with E-state index >= 15 is 0 Å². The zero-order valence-electron chi connectivity index (χ0n) is 24.1. The minimum atomic E-state index is -0.601. The summed E-state index contributed by atoms with van der Waals surface area (Å²) in [5.41, 5.74) is 12.1. The number of carbonyl (C=O) groups is 2. The van der Waals surface area contributed by atoms with Gasteiger partial charge in [-0.05, 0) is 108 Å². The van der Waals surface area contributed by atoms with Crippen LogP contribution in [0.15, 0.2) is 45.9 Å². The van der Waals surface area contributed by atoms with Gasteiger partial charge in [-0.2, -0.15) is 0 Å². The van der Waals surface area contributed by atoms with Gasteiger partial charge in [-0.3, -0.25) is 19.5 Å². The summed E-state index contributed by atoms with van der Waals surface area (Å²) in [6, 6.07) is 5.75. The number of aryl methyl sites for hydroxylation is 2. The molecule has 0 saturated carbocycles. The molecule has 2 fully saturated rings. The molecule has 228 valence electrons. The van der Waals surface area contributed by atoms with Crippen LogP contribution in [0.3, 0.4) is 0 Å². The summed E-state index contributed by atoms with van der Waals surface area (Å²) >= 11 is 14.0. The van der Waals surface area contributed by atoms with Crippen LogP contribution in [0.4, 0.5) is 0 Å². The van der Waals surface area contributed by atoms with Crippen LogP contribution in [0.5, 0.6) is 0 Å². The Bertz CT molecular complexity index is 1470. The van der Waals surface area contributed by atoms with E-state index in [2.05, 4.69) is 58.9 Å². The maximum atomic E-state index is 13.3. The van der Waals surface area contributed by atoms with Gasteiger partial charge >= 0.3 is 0 Å². The van der Waals surface area contributed by atoms with Crippen molar-refractivity contribution < 1.29 is 9.59 Å². The quantitative estimate of drug-likeness (QED) is 0.342. The van der Waals surface area contributed by atoms with Gasteiger partial charge in [0.05, 0.1) is 24.6 Å². The third kappa shape index (κ3) is 6.93. The molecule has 43 heavy (non-hydrogen) atoms. The molecule has 4 heterocycles. The molecule has 1 aromatic carbocycles. The summed E-state index contributed by atoms with van der Waals surface area (Å²) in [5.74, 6) is 0.843. The van der Waals surface area contributed by atoms with Crippen LogP contribution in [0.2, 0.25) is 5.02 Å². The second kappa shape index (κ2) is 13.5. The van der Waals surface area contributed by atoms with Crippen molar-refractivity contribution in [2.45, 2.75) is 56.9 Å². The molecule has 0 bridgehead atoms. The lowest BCUT2D eigenvalue weighted by Crippen LogP contribution is -2.49. The Morgan fingerprint density at radius 1 is 1.02 bits per heavy atom. The van der Waals surface area contributed by atoms with Gasteiger partial charge in [0, 0.05) is 63.4 Å². The number of likely N-dealkylation sites (tertiary alicyclic amines) is 2. The monoisotopic (exact) mass is 730 g/mol. The SMILES string of the molecule is N[C@H](Cc1cnc[nH]1)C(=O)N1CCC(C(=O)CN2CCC([C@H]3c4ncc(Br)cc4CCc4cc(Cl)cc(Br)c43)CC2)CC1. The summed E-state index contributed by atoms with van der Waals surface area (Å²) in [7, 11) is 0. The molecule has 1 amide bonds. The molecule has 3 aromatic rings. The van der Waals surface area contributed by atoms with E-state index in [9.17, 15) is 9.59 Å². The van der Waals surface area contributed by atoms with Crippen LogP contribution in [-0.4, -0.2) is 75.2 Å². The zero-order chi connectivity index (χ0) is 30.1. The van der Waals surface area contributed by atoms with Crippen molar-refractivity contribution >= 4 is 55.2 Å². The van der Waals surface area contributed by atoms with E-state index in [1.165, 1.54) is 22.4 Å². The van der Waals surface area contributed by atoms with Crippen molar-refractivity contribution in [3.8, 4) is 0 Å². The predicted molar refractivity (Wildman–Crippen MR) is 174 cm³/mol. The molecule has 2 saturated heterocycles. The average Bonchev–Trinajstić information content (AvgIpc) is 3.45. The number of rotatable bonds is 7. The minimum Gasteiger partial charge on any atom is -0.348 e. The lowest BCUT2D eigenvalue weighted by Gasteiger charge is -2.38. The molecule has 0 spiro atoms. The normalized spacial score (nSPS) is 20.7. The number of aromatic amines is 1. The van der Waals surface area contributed by atoms with Gasteiger partial charge in [-0.1, -0.05) is 27.5 Å². The van der Waals surface area contributed by atoms with Crippen LogP contribution in [0.25, 0.3) is 0 Å². The van der Waals surface area contributed by atoms with Crippen molar-refractivity contribution in [3.05, 3.63) is 79.0 Å². The molecule has 3 aliphatic rings. The second-order valence-corrected chi connectivity index (χ2v) is 14.4. The number of nitrogens with zero attached hydrogens (tertiary/aromatic N) is 4. The Hall–Kier alpha value is -2.11. The first-order chi connectivity index (χ1) is 20.8. The molecular weight excluding hydrogens is 696 g/mol. The number of piperidine rings is 2. The Morgan fingerprint density at radius 2 is 1.77 bits per heavy atom. The lowest BCUT2D eigenvalue weighted by molar-refractivity contribution is -0.136. The van der Waals surface area contributed by atoms with Gasteiger partial charge < -0.3 is 15.6 Å². The standard InChI is InChI=1S/C32H37Br2ClN6O2/c33-23-11-22-2-1-21-12-24(35)13-26(34)29(21)30(31(22)38-15-23)20-3-7-40(8-4-20)17-28(42)19-5-9-41(10-6-19)32(43)27(36)14-25-16-37-18-39-25/h11-13,15-16,18-20,27,30H,1-10,14,17,36H2,(H,37,39)/t27-,30-/m1/s1. The molecule has 1 aliphatic carbocycles. The van der Waals surface area contributed by atoms with E-state index in [1.807, 2.05) is 17.2 Å². The van der Waals surface area contributed by atoms with E-state index in [1.54, 1.807) is 12.5 Å². The van der Waals surface area contributed by atoms with Crippen molar-refractivity contribution in [2.75, 3.05) is 32.7 Å². The number of carbonyl (C=O) groups excluding carboxylic acids is 2. The number of benzene rings is 1. The molecule has 0 radical (unpaired) electrons. The second-order valence-electron chi connectivity index (χ2n) is 12.2. The number of H-pyrrole nitrogens is 1. The molecule has 11 heteroatoms. The highest BCUT2D eigenvalue weighted by molar-refractivity contribution is 9.10. The van der Waals surface area contributed by atoms with E-state index in [0.717, 1.165) is 58.4 Å². The fraction of sp³-hybridized carbons (Fsp3) is 0.500. The first kappa shape index (κ1) is 30.9. The number of halogens is 3. The summed E-state index contributed by atoms with van der Waals surface area (Å²) < 4.78 is 2.07. The topological polar surface area (TPSA) is 108 Å². The molecule has 2 aliphatic heterocycles. The fourth-order valence-electron chi connectivity index (χ4n) is 7.20. The minimum absolute atomic E-state index is 0.00503. The van der Waals surface area contributed by atoms with Crippen LogP contribution < -0.4 is 5.73 Å². The number of amides is 1. The van der Waals surface area contributed by atoms with Gasteiger partial charge in [0.15, 0.2) is 0 Å². The zero-order valence-corrected chi connectivity index (χ0v) is 28.0. The number of imidazole rings is 1. The third-order valence-corrected chi connectivity index (χ3v) is 10.8. The van der Waals surface area contributed by atoms with Crippen molar-refractivity contribution in [1.29, 1.82) is 0 Å². The molecule has 2 atom stereocenters. The number of ketones is 1. The molecule has 2 aromatic heterocycles. The van der Waals surface area contributed by atoms with Crippen molar-refractivity contribution in [2.24, 2.45) is 17.6 Å². The van der Waals surface area contributed by atoms with Crippen LogP contribution in [0, 0.1) is 11.8 Å². The van der Waals surface area contributed by atoms with Gasteiger partial charge in [0.1, 0.15) is 5.78 Å². The van der Waals surface area contributed by atoms with Crippen LogP contribution in [-0.2, 0) is 28.9 Å². The Morgan fingerprint density at radius 3 is 2.49 bits per heavy atom. The highest BCUT2D eigenvalue weighted by Crippen LogP contribution is 2.46. The molecule has 6 rings (SSSR count). The number of aromatic nitrogens is 3. The third-order valence-electron chi connectivity index (χ3n) is 9.47. The number of pyridine rings is 1. The van der Waals surface area contributed by atoms with Crippen LogP contribution in [0.1, 0.15) is 59.7 Å². The van der Waals surface area contributed by atoms with Crippen molar-refractivity contribution in [1.82, 2.24) is 24.8 Å². The summed E-state index contributed by atoms with van der Waals surface area (Å²) in [6.45, 7) is 3.41. The molecule has 3 N–H and O–H groups in total. The number of fused-ring (bicyclic) bond motifs is 2. The van der Waals surface area contributed by atoms with Crippen molar-refractivity contribution in [3.63, 3.8) is 0 Å². The Labute approximate surface area is 274 Å². The van der Waals surface area contributed by atoms with Crippen LogP contribution >= 0.6 is 43.5 Å². The van der Waals surface area contributed by atoms with Gasteiger partial charge in [0.25, 0.3) is 0 Å². The largest absolute Gasteiger partial charge is 0.348 e. The smallest absolute Gasteiger partial charge is 0.239 e. The predicted octanol–water partition coefficient (Wildman–Crippen LogP) is 5.30. The lowest BCUT2D eigenvalue weighted by atomic mass is 9.76. The maximum Gasteiger partial charge on any atom is 0.239 e. The number of hydrogen-bond acceptors (Lipinski definition) is 6. The Balaban J connectivity index is 1.06. The highest BCUT2D eigenvalue weighted by Gasteiger charge is 2.37. The first-order valence-corrected chi connectivity index (χ1v) is 17.1. The number of Topliss-reactive ketones (excluding diaryl/α,β-unsaturated/α-hetero) is 1. The van der Waals surface area contributed by atoms with Gasteiger partial charge in [-0.25, -0.2) is 4.98 Å². The number of hydrogen-bond donors (Lipinski definition) is 2. The number of nitrogens with one attached hydrogen (secondary N) is 1. The molecular formula is C32H37Br2ClN6O2. The van der Waals surface area contributed by atoms with E-state index in [0.29, 0.717) is 50.6 Å².